The third-order valence-electron chi connectivity index (χ3n) is 3.62. The Labute approximate surface area is 104 Å². The van der Waals surface area contributed by atoms with Gasteiger partial charge in [0.15, 0.2) is 0 Å². The molecular formula is C11H18N4O3. The molecule has 0 atom stereocenters. The van der Waals surface area contributed by atoms with Crippen molar-refractivity contribution in [2.75, 3.05) is 17.7 Å². The van der Waals surface area contributed by atoms with Crippen molar-refractivity contribution in [1.82, 2.24) is 9.55 Å². The van der Waals surface area contributed by atoms with E-state index in [1.54, 1.807) is 0 Å². The molecule has 0 radical (unpaired) electrons. The fraction of sp³-hybridized carbons (Fsp3) is 0.636. The number of anilines is 2. The molecule has 0 aromatic carbocycles. The number of aromatic nitrogens is 2. The second kappa shape index (κ2) is 4.49. The number of aliphatic hydroxyl groups excluding tert-OH is 1. The first-order valence-corrected chi connectivity index (χ1v) is 5.97. The summed E-state index contributed by atoms with van der Waals surface area (Å²) in [5, 5.41) is 12.5. The first-order chi connectivity index (χ1) is 8.49. The van der Waals surface area contributed by atoms with Gasteiger partial charge in [-0.25, -0.2) is 4.79 Å². The van der Waals surface area contributed by atoms with E-state index in [1.165, 1.54) is 11.6 Å². The Hall–Kier alpha value is -1.76. The SMILES string of the molecule is Cn1c(N)c(NC2(CO)CCCC2)c(=O)[nH]c1=O. The van der Waals surface area contributed by atoms with E-state index < -0.39 is 16.8 Å². The summed E-state index contributed by atoms with van der Waals surface area (Å²) < 4.78 is 1.17. The highest BCUT2D eigenvalue weighted by atomic mass is 16.3. The Morgan fingerprint density at radius 2 is 2.06 bits per heavy atom. The predicted octanol–water partition coefficient (Wildman–Crippen LogP) is -0.627. The van der Waals surface area contributed by atoms with Gasteiger partial charge in [-0.05, 0) is 12.8 Å². The average molecular weight is 254 g/mol. The summed E-state index contributed by atoms with van der Waals surface area (Å²) in [6.07, 6.45) is 3.56. The van der Waals surface area contributed by atoms with Gasteiger partial charge in [0, 0.05) is 7.05 Å². The number of aromatic amines is 1. The molecule has 1 heterocycles. The first-order valence-electron chi connectivity index (χ1n) is 5.97. The Morgan fingerprint density at radius 1 is 1.44 bits per heavy atom. The molecular weight excluding hydrogens is 236 g/mol. The fourth-order valence-corrected chi connectivity index (χ4v) is 2.40. The zero-order chi connectivity index (χ0) is 13.3. The van der Waals surface area contributed by atoms with Crippen LogP contribution in [0.15, 0.2) is 9.59 Å². The number of hydrogen-bond acceptors (Lipinski definition) is 5. The highest BCUT2D eigenvalue weighted by Gasteiger charge is 2.34. The summed E-state index contributed by atoms with van der Waals surface area (Å²) in [6.45, 7) is -0.0608. The summed E-state index contributed by atoms with van der Waals surface area (Å²) >= 11 is 0. The van der Waals surface area contributed by atoms with Gasteiger partial charge < -0.3 is 16.2 Å². The minimum atomic E-state index is -0.549. The van der Waals surface area contributed by atoms with Crippen LogP contribution in [0.5, 0.6) is 0 Å². The highest BCUT2D eigenvalue weighted by Crippen LogP contribution is 2.32. The van der Waals surface area contributed by atoms with Crippen LogP contribution in [0.4, 0.5) is 11.5 Å². The lowest BCUT2D eigenvalue weighted by atomic mass is 9.98. The van der Waals surface area contributed by atoms with E-state index in [1.807, 2.05) is 0 Å². The molecule has 1 saturated carbocycles. The molecule has 7 nitrogen and oxygen atoms in total. The van der Waals surface area contributed by atoms with Crippen molar-refractivity contribution in [3.63, 3.8) is 0 Å². The second-order valence-corrected chi connectivity index (χ2v) is 4.85. The molecule has 0 unspecified atom stereocenters. The molecule has 0 amide bonds. The molecule has 0 saturated heterocycles. The van der Waals surface area contributed by atoms with Crippen molar-refractivity contribution in [2.45, 2.75) is 31.2 Å². The van der Waals surface area contributed by atoms with Gasteiger partial charge in [-0.15, -0.1) is 0 Å². The number of aliphatic hydroxyl groups is 1. The van der Waals surface area contributed by atoms with Crippen LogP contribution in [-0.2, 0) is 7.05 Å². The summed E-state index contributed by atoms with van der Waals surface area (Å²) in [6, 6.07) is 0. The Kier molecular flexibility index (Phi) is 3.16. The molecule has 1 aliphatic rings. The van der Waals surface area contributed by atoms with E-state index >= 15 is 0 Å². The van der Waals surface area contributed by atoms with Crippen LogP contribution in [0.2, 0.25) is 0 Å². The predicted molar refractivity (Wildman–Crippen MR) is 68.6 cm³/mol. The standard InChI is InChI=1S/C11H18N4O3/c1-15-8(12)7(9(17)13-10(15)18)14-11(6-16)4-2-3-5-11/h14,16H,2-6,12H2,1H3,(H,13,17,18). The van der Waals surface area contributed by atoms with Crippen molar-refractivity contribution in [2.24, 2.45) is 7.05 Å². The molecule has 1 aliphatic carbocycles. The minimum Gasteiger partial charge on any atom is -0.394 e. The number of nitrogens with two attached hydrogens (primary N) is 1. The van der Waals surface area contributed by atoms with Crippen molar-refractivity contribution in [1.29, 1.82) is 0 Å². The summed E-state index contributed by atoms with van der Waals surface area (Å²) in [5.74, 6) is 0.0866. The van der Waals surface area contributed by atoms with E-state index in [4.69, 9.17) is 5.73 Å². The molecule has 100 valence electrons. The van der Waals surface area contributed by atoms with E-state index in [0.717, 1.165) is 25.7 Å². The van der Waals surface area contributed by atoms with Crippen molar-refractivity contribution >= 4 is 11.5 Å². The maximum Gasteiger partial charge on any atom is 0.329 e. The van der Waals surface area contributed by atoms with E-state index in [9.17, 15) is 14.7 Å². The lowest BCUT2D eigenvalue weighted by Gasteiger charge is -2.29. The molecule has 2 rings (SSSR count). The Balaban J connectivity index is 2.43. The van der Waals surface area contributed by atoms with Crippen LogP contribution in [0.1, 0.15) is 25.7 Å². The monoisotopic (exact) mass is 254 g/mol. The van der Waals surface area contributed by atoms with Crippen LogP contribution in [0.25, 0.3) is 0 Å². The number of H-pyrrole nitrogens is 1. The average Bonchev–Trinajstić information content (AvgIpc) is 2.81. The van der Waals surface area contributed by atoms with Crippen LogP contribution < -0.4 is 22.3 Å². The molecule has 1 aromatic heterocycles. The van der Waals surface area contributed by atoms with E-state index in [-0.39, 0.29) is 18.1 Å². The summed E-state index contributed by atoms with van der Waals surface area (Å²) in [7, 11) is 1.49. The molecule has 18 heavy (non-hydrogen) atoms. The van der Waals surface area contributed by atoms with Gasteiger partial charge in [0.1, 0.15) is 11.5 Å². The lowest BCUT2D eigenvalue weighted by Crippen LogP contribution is -2.43. The molecule has 5 N–H and O–H groups in total. The molecule has 0 bridgehead atoms. The van der Waals surface area contributed by atoms with Crippen molar-refractivity contribution in [3.05, 3.63) is 20.8 Å². The normalized spacial score (nSPS) is 17.9. The van der Waals surface area contributed by atoms with Gasteiger partial charge in [-0.1, -0.05) is 12.8 Å². The smallest absolute Gasteiger partial charge is 0.329 e. The topological polar surface area (TPSA) is 113 Å². The van der Waals surface area contributed by atoms with Crippen molar-refractivity contribution < 1.29 is 5.11 Å². The lowest BCUT2D eigenvalue weighted by molar-refractivity contribution is 0.214. The number of hydrogen-bond donors (Lipinski definition) is 4. The molecule has 1 fully saturated rings. The zero-order valence-corrected chi connectivity index (χ0v) is 10.3. The Morgan fingerprint density at radius 3 is 2.61 bits per heavy atom. The van der Waals surface area contributed by atoms with Crippen LogP contribution in [0.3, 0.4) is 0 Å². The molecule has 1 aromatic rings. The number of rotatable bonds is 3. The second-order valence-electron chi connectivity index (χ2n) is 4.85. The first kappa shape index (κ1) is 12.7. The van der Waals surface area contributed by atoms with Crippen LogP contribution in [-0.4, -0.2) is 26.8 Å². The minimum absolute atomic E-state index is 0.0608. The summed E-state index contributed by atoms with van der Waals surface area (Å²) in [5.41, 5.74) is 4.34. The highest BCUT2D eigenvalue weighted by molar-refractivity contribution is 5.61. The molecule has 0 aliphatic heterocycles. The van der Waals surface area contributed by atoms with Gasteiger partial charge in [0.2, 0.25) is 0 Å². The number of nitrogens with one attached hydrogen (secondary N) is 2. The Bertz CT molecular complexity index is 554. The number of nitrogens with zero attached hydrogens (tertiary/aromatic N) is 1. The number of nitrogen functional groups attached to an aromatic ring is 1. The quantitative estimate of drug-likeness (QED) is 0.573. The maximum absolute atomic E-state index is 11.8. The summed E-state index contributed by atoms with van der Waals surface area (Å²) in [4.78, 5) is 25.3. The largest absolute Gasteiger partial charge is 0.394 e. The molecule has 7 heteroatoms. The third kappa shape index (κ3) is 2.01. The van der Waals surface area contributed by atoms with Gasteiger partial charge in [0.05, 0.1) is 12.1 Å². The van der Waals surface area contributed by atoms with Crippen molar-refractivity contribution in [3.8, 4) is 0 Å². The van der Waals surface area contributed by atoms with Gasteiger partial charge in [-0.2, -0.15) is 0 Å². The van der Waals surface area contributed by atoms with Gasteiger partial charge >= 0.3 is 5.69 Å². The third-order valence-corrected chi connectivity index (χ3v) is 3.62. The van der Waals surface area contributed by atoms with Gasteiger partial charge in [0.25, 0.3) is 5.56 Å². The zero-order valence-electron chi connectivity index (χ0n) is 10.3. The molecule has 0 spiro atoms. The maximum atomic E-state index is 11.8. The van der Waals surface area contributed by atoms with Crippen LogP contribution in [0, 0.1) is 0 Å². The van der Waals surface area contributed by atoms with E-state index in [0.29, 0.717) is 0 Å². The van der Waals surface area contributed by atoms with Crippen LogP contribution >= 0.6 is 0 Å². The van der Waals surface area contributed by atoms with Gasteiger partial charge in [-0.3, -0.25) is 14.3 Å². The fourth-order valence-electron chi connectivity index (χ4n) is 2.40. The van der Waals surface area contributed by atoms with E-state index in [2.05, 4.69) is 10.3 Å².